The van der Waals surface area contributed by atoms with Gasteiger partial charge in [0.15, 0.2) is 0 Å². The van der Waals surface area contributed by atoms with Crippen LogP contribution in [0.1, 0.15) is 18.4 Å². The third-order valence-corrected chi connectivity index (χ3v) is 8.15. The fourth-order valence-electron chi connectivity index (χ4n) is 4.68. The lowest BCUT2D eigenvalue weighted by molar-refractivity contribution is -0.143. The molecule has 2 aliphatic heterocycles. The topological polar surface area (TPSA) is 102 Å². The molecule has 36 heavy (non-hydrogen) atoms. The van der Waals surface area contributed by atoms with Crippen molar-refractivity contribution in [1.29, 1.82) is 0 Å². The van der Waals surface area contributed by atoms with Gasteiger partial charge in [0.05, 0.1) is 16.8 Å². The van der Waals surface area contributed by atoms with Gasteiger partial charge in [-0.2, -0.15) is 4.98 Å². The fraction of sp³-hybridized carbons (Fsp3) is 0.417. The van der Waals surface area contributed by atoms with E-state index >= 15 is 0 Å². The van der Waals surface area contributed by atoms with Crippen molar-refractivity contribution in [2.75, 3.05) is 49.5 Å². The number of carboxylic acids is 1. The van der Waals surface area contributed by atoms with Gasteiger partial charge in [0, 0.05) is 42.8 Å². The molecule has 190 valence electrons. The molecule has 0 saturated carbocycles. The fourth-order valence-corrected chi connectivity index (χ4v) is 5.95. The third kappa shape index (κ3) is 5.36. The molecule has 5 rings (SSSR count). The Labute approximate surface area is 222 Å². The van der Waals surface area contributed by atoms with Gasteiger partial charge in [-0.3, -0.25) is 14.5 Å². The number of carbonyl (C=O) groups excluding carboxylic acids is 1. The van der Waals surface area contributed by atoms with Crippen molar-refractivity contribution in [3.63, 3.8) is 0 Å². The number of anilines is 2. The number of benzene rings is 1. The molecule has 2 fully saturated rings. The van der Waals surface area contributed by atoms with Gasteiger partial charge in [-0.25, -0.2) is 4.98 Å². The highest BCUT2D eigenvalue weighted by molar-refractivity contribution is 7.17. The molecule has 0 bridgehead atoms. The Bertz CT molecular complexity index is 1280. The quantitative estimate of drug-likeness (QED) is 0.459. The Kier molecular flexibility index (Phi) is 7.47. The number of hydrogen-bond donors (Lipinski definition) is 2. The second-order valence-electron chi connectivity index (χ2n) is 8.93. The van der Waals surface area contributed by atoms with Crippen LogP contribution in [0.3, 0.4) is 0 Å². The summed E-state index contributed by atoms with van der Waals surface area (Å²) in [6.45, 7) is 3.58. The molecule has 2 aliphatic rings. The van der Waals surface area contributed by atoms with Crippen LogP contribution in [0.25, 0.3) is 10.2 Å². The van der Waals surface area contributed by atoms with Gasteiger partial charge in [-0.1, -0.05) is 29.3 Å². The van der Waals surface area contributed by atoms with Crippen molar-refractivity contribution in [1.82, 2.24) is 19.8 Å². The van der Waals surface area contributed by atoms with E-state index in [9.17, 15) is 14.7 Å². The summed E-state index contributed by atoms with van der Waals surface area (Å²) in [6.07, 6.45) is 1.40. The van der Waals surface area contributed by atoms with Gasteiger partial charge in [0.2, 0.25) is 11.9 Å². The minimum absolute atomic E-state index is 0.0285. The van der Waals surface area contributed by atoms with E-state index in [-0.39, 0.29) is 12.5 Å². The number of piperazine rings is 1. The van der Waals surface area contributed by atoms with E-state index in [4.69, 9.17) is 33.2 Å². The maximum atomic E-state index is 12.8. The molecule has 1 amide bonds. The molecule has 0 radical (unpaired) electrons. The molecule has 1 atom stereocenters. The molecular formula is C24H26Cl2N6O3S. The average molecular weight is 549 g/mol. The highest BCUT2D eigenvalue weighted by Crippen LogP contribution is 2.30. The van der Waals surface area contributed by atoms with Gasteiger partial charge < -0.3 is 20.2 Å². The molecule has 0 spiro atoms. The van der Waals surface area contributed by atoms with Crippen LogP contribution in [0.15, 0.2) is 29.6 Å². The summed E-state index contributed by atoms with van der Waals surface area (Å²) in [5, 5.41) is 15.9. The number of hydrogen-bond acceptors (Lipinski definition) is 8. The predicted molar refractivity (Wildman–Crippen MR) is 142 cm³/mol. The van der Waals surface area contributed by atoms with E-state index in [2.05, 4.69) is 10.2 Å². The van der Waals surface area contributed by atoms with Gasteiger partial charge in [-0.05, 0) is 48.5 Å². The lowest BCUT2D eigenvalue weighted by Gasteiger charge is -2.36. The van der Waals surface area contributed by atoms with Crippen LogP contribution in [0, 0.1) is 0 Å². The molecule has 9 nitrogen and oxygen atoms in total. The summed E-state index contributed by atoms with van der Waals surface area (Å²) < 4.78 is 0.969. The molecule has 0 aliphatic carbocycles. The Hall–Kier alpha value is -2.66. The lowest BCUT2D eigenvalue weighted by Crippen LogP contribution is -2.52. The van der Waals surface area contributed by atoms with Gasteiger partial charge in [0.1, 0.15) is 11.9 Å². The van der Waals surface area contributed by atoms with E-state index in [1.54, 1.807) is 27.2 Å². The summed E-state index contributed by atoms with van der Waals surface area (Å²) in [6, 6.07) is 6.83. The Balaban J connectivity index is 1.24. The van der Waals surface area contributed by atoms with Crippen LogP contribution in [0.4, 0.5) is 11.8 Å². The number of likely N-dealkylation sites (tertiary alicyclic amines) is 1. The normalized spacial score (nSPS) is 18.7. The zero-order valence-corrected chi connectivity index (χ0v) is 21.8. The third-order valence-electron chi connectivity index (χ3n) is 6.66. The molecule has 2 aromatic heterocycles. The number of nitrogens with one attached hydrogen (secondary N) is 1. The Morgan fingerprint density at radius 2 is 1.92 bits per heavy atom. The van der Waals surface area contributed by atoms with E-state index in [1.807, 2.05) is 23.6 Å². The summed E-state index contributed by atoms with van der Waals surface area (Å²) >= 11 is 13.9. The molecule has 2 saturated heterocycles. The van der Waals surface area contributed by atoms with Crippen LogP contribution in [-0.2, 0) is 16.1 Å². The Morgan fingerprint density at radius 3 is 2.67 bits per heavy atom. The molecule has 12 heteroatoms. The maximum Gasteiger partial charge on any atom is 0.320 e. The smallest absolute Gasteiger partial charge is 0.320 e. The number of fused-ring (bicyclic) bond motifs is 1. The van der Waals surface area contributed by atoms with Crippen molar-refractivity contribution in [2.45, 2.75) is 25.4 Å². The molecule has 4 heterocycles. The number of nitrogens with zero attached hydrogens (tertiary/aromatic N) is 5. The summed E-state index contributed by atoms with van der Waals surface area (Å²) in [7, 11) is 0. The zero-order chi connectivity index (χ0) is 25.2. The molecular weight excluding hydrogens is 523 g/mol. The van der Waals surface area contributed by atoms with E-state index in [0.717, 1.165) is 28.0 Å². The number of halogens is 2. The second kappa shape index (κ2) is 10.8. The van der Waals surface area contributed by atoms with Crippen molar-refractivity contribution >= 4 is 68.4 Å². The number of carboxylic acid groups (broad SMARTS) is 1. The van der Waals surface area contributed by atoms with Crippen molar-refractivity contribution in [3.8, 4) is 0 Å². The maximum absolute atomic E-state index is 12.8. The summed E-state index contributed by atoms with van der Waals surface area (Å²) in [5.74, 6) is 0.472. The van der Waals surface area contributed by atoms with Crippen LogP contribution < -0.4 is 10.2 Å². The van der Waals surface area contributed by atoms with Crippen molar-refractivity contribution in [3.05, 3.63) is 45.3 Å². The molecule has 3 aromatic rings. The number of rotatable bonds is 7. The largest absolute Gasteiger partial charge is 0.480 e. The van der Waals surface area contributed by atoms with Crippen molar-refractivity contribution in [2.24, 2.45) is 0 Å². The minimum Gasteiger partial charge on any atom is -0.480 e. The first kappa shape index (κ1) is 25.0. The minimum atomic E-state index is -0.853. The highest BCUT2D eigenvalue weighted by atomic mass is 35.5. The Morgan fingerprint density at radius 1 is 1.11 bits per heavy atom. The van der Waals surface area contributed by atoms with Crippen LogP contribution in [-0.4, -0.2) is 82.1 Å². The number of carbonyl (C=O) groups is 2. The van der Waals surface area contributed by atoms with E-state index in [0.29, 0.717) is 61.7 Å². The van der Waals surface area contributed by atoms with Crippen molar-refractivity contribution < 1.29 is 14.7 Å². The van der Waals surface area contributed by atoms with Gasteiger partial charge in [0.25, 0.3) is 0 Å². The lowest BCUT2D eigenvalue weighted by atomic mass is 10.2. The highest BCUT2D eigenvalue weighted by Gasteiger charge is 2.33. The predicted octanol–water partition coefficient (Wildman–Crippen LogP) is 3.81. The molecule has 1 unspecified atom stereocenters. The van der Waals surface area contributed by atoms with Crippen LogP contribution in [0.2, 0.25) is 10.0 Å². The monoisotopic (exact) mass is 548 g/mol. The first-order valence-corrected chi connectivity index (χ1v) is 13.5. The molecule has 1 aromatic carbocycles. The first-order valence-electron chi connectivity index (χ1n) is 11.8. The van der Waals surface area contributed by atoms with Crippen LogP contribution in [0.5, 0.6) is 0 Å². The van der Waals surface area contributed by atoms with Crippen LogP contribution >= 0.6 is 34.5 Å². The van der Waals surface area contributed by atoms with E-state index in [1.165, 1.54) is 0 Å². The molecule has 2 N–H and O–H groups in total. The van der Waals surface area contributed by atoms with Gasteiger partial charge >= 0.3 is 5.97 Å². The standard InChI is InChI=1S/C24H26Cl2N6O3S/c25-16-4-3-15(17(26)12-16)13-27-22-21-18(5-11-36-21)28-24(29-22)31-9-7-30(8-10-31)20(33)14-32-6-1-2-19(32)23(34)35/h3-5,11-12,19H,1-2,6-10,13-14H2,(H,34,35)(H,27,28,29). The zero-order valence-electron chi connectivity index (χ0n) is 19.5. The first-order chi connectivity index (χ1) is 17.4. The number of amides is 1. The number of aromatic nitrogens is 2. The van der Waals surface area contributed by atoms with E-state index < -0.39 is 12.0 Å². The SMILES string of the molecule is O=C(O)C1CCCN1CC(=O)N1CCN(c2nc(NCc3ccc(Cl)cc3Cl)c3sccc3n2)CC1. The summed E-state index contributed by atoms with van der Waals surface area (Å²) in [5.41, 5.74) is 1.78. The number of aliphatic carboxylic acids is 1. The second-order valence-corrected chi connectivity index (χ2v) is 10.7. The summed E-state index contributed by atoms with van der Waals surface area (Å²) in [4.78, 5) is 39.5. The average Bonchev–Trinajstić information content (AvgIpc) is 3.53. The number of thiophene rings is 1. The van der Waals surface area contributed by atoms with Gasteiger partial charge in [-0.15, -0.1) is 11.3 Å².